The van der Waals surface area contributed by atoms with Crippen molar-refractivity contribution < 1.29 is 33.4 Å². The maximum Gasteiger partial charge on any atom is 0.261 e. The molecule has 0 aromatic heterocycles. The summed E-state index contributed by atoms with van der Waals surface area (Å²) in [4.78, 5) is 58.2. The molecule has 2 amide bonds. The number of amides is 2. The van der Waals surface area contributed by atoms with Crippen LogP contribution in [-0.2, 0) is 19.1 Å². The third kappa shape index (κ3) is 10.7. The Kier molecular flexibility index (Phi) is 16.6. The number of likely N-dealkylation sites (N-methyl/N-ethyl adjacent to an activating group) is 1. The number of carbonyl (C=O) groups excluding carboxylic acids is 3. The highest BCUT2D eigenvalue weighted by Crippen LogP contribution is 2.45. The standard InChI is InChI=1S/C55H65FN9O6P/c1-7-42-46(56)17-14-37-23-41(67)24-44(50(37)42)35(3)60-26-45(52(57-5)63-28-38-15-16-39(29-63)62-38)48(31-72)61-33-71-32-55-19-18-40(64(55)27-34(2)25-55)30-70-22-10-20-59-47-12-8-11-43-36(4)65(54(69)51(43)47)49(13-9-21-66)53(68)58-6/h1,8,11-12,14,17,21,23-24,26,38-40,49,59,62,67H,2-5,9-10,13,15-16,18-20,22,25,27-33,72H2,6H3,(H,58,68)/b52-45+,60-26?,61-48-. The molecule has 0 radical (unpaired) electrons. The van der Waals surface area contributed by atoms with Crippen LogP contribution in [0, 0.1) is 18.2 Å². The number of allylic oxidation sites excluding steroid dienone is 1. The van der Waals surface area contributed by atoms with E-state index in [1.165, 1.54) is 30.1 Å². The van der Waals surface area contributed by atoms with Crippen LogP contribution in [0.4, 0.5) is 10.1 Å². The molecule has 4 saturated heterocycles. The number of nitrogens with zero attached hydrogens (tertiary/aromatic N) is 6. The monoisotopic (exact) mass is 997 g/mol. The van der Waals surface area contributed by atoms with E-state index in [1.807, 2.05) is 18.2 Å². The molecule has 6 atom stereocenters. The number of halogens is 1. The van der Waals surface area contributed by atoms with Crippen LogP contribution in [0.25, 0.3) is 22.2 Å². The van der Waals surface area contributed by atoms with E-state index >= 15 is 0 Å². The van der Waals surface area contributed by atoms with Crippen LogP contribution >= 0.6 is 9.24 Å². The van der Waals surface area contributed by atoms with Crippen LogP contribution in [0.5, 0.6) is 5.75 Å². The molecular formula is C55H65FN9O6P. The molecule has 15 nitrogen and oxygen atoms in total. The van der Waals surface area contributed by atoms with Gasteiger partial charge in [-0.1, -0.05) is 49.4 Å². The Morgan fingerprint density at radius 3 is 2.68 bits per heavy atom. The molecule has 5 heterocycles. The number of rotatable bonds is 23. The summed E-state index contributed by atoms with van der Waals surface area (Å²) in [5.74, 6) is 1.86. The summed E-state index contributed by atoms with van der Waals surface area (Å²) in [6.45, 7) is 21.2. The molecule has 4 N–H and O–H groups in total. The number of ether oxygens (including phenoxy) is 2. The maximum atomic E-state index is 15.0. The summed E-state index contributed by atoms with van der Waals surface area (Å²) in [7, 11) is 4.27. The third-order valence-electron chi connectivity index (χ3n) is 14.6. The van der Waals surface area contributed by atoms with Crippen molar-refractivity contribution in [3.8, 4) is 18.1 Å². The fourth-order valence-electron chi connectivity index (χ4n) is 11.2. The summed E-state index contributed by atoms with van der Waals surface area (Å²) in [6.07, 6.45) is 14.5. The number of phenols is 1. The van der Waals surface area contributed by atoms with E-state index in [0.29, 0.717) is 107 Å². The van der Waals surface area contributed by atoms with Crippen molar-refractivity contribution in [3.63, 3.8) is 0 Å². The number of hydrogen-bond acceptors (Lipinski definition) is 13. The number of fused-ring (bicyclic) bond motifs is 5. The minimum Gasteiger partial charge on any atom is -0.508 e. The van der Waals surface area contributed by atoms with Gasteiger partial charge in [0, 0.05) is 110 Å². The van der Waals surface area contributed by atoms with E-state index in [-0.39, 0.29) is 60.0 Å². The minimum absolute atomic E-state index is 0.0278. The fourth-order valence-corrected chi connectivity index (χ4v) is 11.6. The van der Waals surface area contributed by atoms with Gasteiger partial charge in [0.15, 0.2) is 0 Å². The maximum absolute atomic E-state index is 15.0. The molecule has 8 rings (SSSR count). The van der Waals surface area contributed by atoms with Gasteiger partial charge in [0.1, 0.15) is 36.4 Å². The highest BCUT2D eigenvalue weighted by Gasteiger charge is 2.50. The van der Waals surface area contributed by atoms with E-state index in [4.69, 9.17) is 25.9 Å². The van der Waals surface area contributed by atoms with Crippen molar-refractivity contribution in [2.75, 3.05) is 71.3 Å². The second-order valence-corrected chi connectivity index (χ2v) is 19.5. The Bertz CT molecular complexity index is 2790. The van der Waals surface area contributed by atoms with E-state index in [1.54, 1.807) is 12.3 Å². The summed E-state index contributed by atoms with van der Waals surface area (Å²) in [6, 6.07) is 11.4. The number of phenolic OH excluding ortho intramolecular Hbond substituents is 1. The van der Waals surface area contributed by atoms with Gasteiger partial charge in [-0.25, -0.2) is 9.38 Å². The lowest BCUT2D eigenvalue weighted by molar-refractivity contribution is -0.124. The van der Waals surface area contributed by atoms with Gasteiger partial charge in [-0.15, -0.1) is 15.7 Å². The zero-order valence-corrected chi connectivity index (χ0v) is 42.2. The number of hydrogen-bond donors (Lipinski definition) is 4. The van der Waals surface area contributed by atoms with Crippen molar-refractivity contribution in [1.82, 2.24) is 25.3 Å². The Hall–Kier alpha value is -6.34. The zero-order chi connectivity index (χ0) is 51.1. The number of terminal acetylenes is 1. The summed E-state index contributed by atoms with van der Waals surface area (Å²) in [5.41, 5.74) is 5.23. The number of carbonyl (C=O) groups is 3. The van der Waals surface area contributed by atoms with E-state index in [2.05, 4.69) is 72.4 Å². The Morgan fingerprint density at radius 2 is 1.96 bits per heavy atom. The van der Waals surface area contributed by atoms with E-state index < -0.39 is 11.9 Å². The molecule has 2 bridgehead atoms. The molecule has 17 heteroatoms. The predicted molar refractivity (Wildman–Crippen MR) is 287 cm³/mol. The number of piperazine rings is 1. The molecule has 3 aromatic rings. The second kappa shape index (κ2) is 23.0. The summed E-state index contributed by atoms with van der Waals surface area (Å²) >= 11 is 0. The highest BCUT2D eigenvalue weighted by atomic mass is 31.0. The number of aromatic hydroxyl groups is 1. The smallest absolute Gasteiger partial charge is 0.261 e. The van der Waals surface area contributed by atoms with E-state index in [0.717, 1.165) is 63.6 Å². The van der Waals surface area contributed by atoms with Crippen molar-refractivity contribution in [2.24, 2.45) is 15.0 Å². The largest absolute Gasteiger partial charge is 0.508 e. The number of aldehydes is 1. The highest BCUT2D eigenvalue weighted by molar-refractivity contribution is 7.18. The van der Waals surface area contributed by atoms with Crippen molar-refractivity contribution in [2.45, 2.75) is 81.1 Å². The summed E-state index contributed by atoms with van der Waals surface area (Å²) < 4.78 is 27.7. The second-order valence-electron chi connectivity index (χ2n) is 19.1. The predicted octanol–water partition coefficient (Wildman–Crippen LogP) is 6.55. The van der Waals surface area contributed by atoms with E-state index in [9.17, 15) is 23.9 Å². The normalized spacial score (nSPS) is 22.6. The Morgan fingerprint density at radius 1 is 1.17 bits per heavy atom. The first-order valence-corrected chi connectivity index (χ1v) is 25.4. The lowest BCUT2D eigenvalue weighted by Crippen LogP contribution is -2.50. The Balaban J connectivity index is 0.900. The van der Waals surface area contributed by atoms with Crippen LogP contribution in [-0.4, -0.2) is 152 Å². The van der Waals surface area contributed by atoms with Crippen molar-refractivity contribution in [1.29, 1.82) is 0 Å². The molecule has 5 aliphatic rings. The molecule has 72 heavy (non-hydrogen) atoms. The lowest BCUT2D eigenvalue weighted by Gasteiger charge is -2.35. The summed E-state index contributed by atoms with van der Waals surface area (Å²) in [5, 5.41) is 21.3. The zero-order valence-electron chi connectivity index (χ0n) is 41.1. The average Bonchev–Trinajstić information content (AvgIpc) is 4.08. The van der Waals surface area contributed by atoms with Crippen LogP contribution in [0.3, 0.4) is 0 Å². The fraction of sp³-hybridized carbons (Fsp3) is 0.418. The van der Waals surface area contributed by atoms with Crippen LogP contribution in [0.1, 0.15) is 78.4 Å². The van der Waals surface area contributed by atoms with Gasteiger partial charge >= 0.3 is 0 Å². The molecular weight excluding hydrogens is 933 g/mol. The molecule has 5 aliphatic heterocycles. The van der Waals surface area contributed by atoms with Gasteiger partial charge in [-0.2, -0.15) is 0 Å². The number of anilines is 1. The van der Waals surface area contributed by atoms with Gasteiger partial charge < -0.3 is 40.2 Å². The molecule has 3 aromatic carbocycles. The van der Waals surface area contributed by atoms with Gasteiger partial charge in [0.25, 0.3) is 5.91 Å². The molecule has 378 valence electrons. The van der Waals surface area contributed by atoms with Crippen molar-refractivity contribution >= 4 is 73.8 Å². The lowest BCUT2D eigenvalue weighted by atomic mass is 9.94. The molecule has 6 unspecified atom stereocenters. The number of benzene rings is 3. The van der Waals surface area contributed by atoms with Crippen LogP contribution in [0.2, 0.25) is 0 Å². The SMILES string of the molecule is C#Cc1c(F)ccc2cc(O)cc(C(=C)N=CC(=C(/N=C)N3CC4CCC(C3)N4)/C(CP)=N\COCC34CCC(COCCCNc5cccc6c5C(=O)N(C(CCC=O)C(=O)NC)C6=C)N3CC(=C)C4)c12. The van der Waals surface area contributed by atoms with Gasteiger partial charge in [0.2, 0.25) is 5.91 Å². The average molecular weight is 998 g/mol. The number of likely N-dealkylation sites (tertiary alicyclic amines) is 1. The molecule has 4 fully saturated rings. The first-order chi connectivity index (χ1) is 34.8. The van der Waals surface area contributed by atoms with Crippen molar-refractivity contribution in [3.05, 3.63) is 107 Å². The van der Waals surface area contributed by atoms with Gasteiger partial charge in [0.05, 0.1) is 41.3 Å². The number of aliphatic imine (C=N–C) groups is 3. The third-order valence-corrected chi connectivity index (χ3v) is 14.9. The first kappa shape index (κ1) is 52.0. The molecule has 0 spiro atoms. The van der Waals surface area contributed by atoms with Crippen LogP contribution in [0.15, 0.2) is 94.1 Å². The van der Waals surface area contributed by atoms with Gasteiger partial charge in [-0.3, -0.25) is 29.4 Å². The molecule has 0 saturated carbocycles. The first-order valence-electron chi connectivity index (χ1n) is 24.6. The topological polar surface area (TPSA) is 173 Å². The minimum atomic E-state index is -0.842. The molecule has 0 aliphatic carbocycles. The van der Waals surface area contributed by atoms with Gasteiger partial charge in [-0.05, 0) is 81.3 Å². The van der Waals surface area contributed by atoms with Crippen LogP contribution < -0.4 is 16.0 Å². The number of nitrogens with one attached hydrogen (secondary N) is 3. The Labute approximate surface area is 423 Å². The quantitative estimate of drug-likeness (QED) is 0.0204.